The number of aryl methyl sites for hydroxylation is 1. The maximum atomic E-state index is 12.3. The second-order valence-corrected chi connectivity index (χ2v) is 7.46. The number of anilines is 2. The van der Waals surface area contributed by atoms with E-state index in [0.29, 0.717) is 11.4 Å². The Balaban J connectivity index is 2.23. The highest BCUT2D eigenvalue weighted by Crippen LogP contribution is 2.22. The molecule has 0 heterocycles. The van der Waals surface area contributed by atoms with Gasteiger partial charge in [0.15, 0.2) is 0 Å². The number of nitrogens with one attached hydrogen (secondary N) is 1. The van der Waals surface area contributed by atoms with E-state index in [1.807, 2.05) is 0 Å². The summed E-state index contributed by atoms with van der Waals surface area (Å²) in [5.74, 6) is -1.15. The average Bonchev–Trinajstić information content (AvgIpc) is 2.52. The summed E-state index contributed by atoms with van der Waals surface area (Å²) in [5, 5.41) is 2.58. The molecule has 0 unspecified atom stereocenters. The van der Waals surface area contributed by atoms with Crippen LogP contribution in [0.3, 0.4) is 0 Å². The highest BCUT2D eigenvalue weighted by molar-refractivity contribution is 7.92. The number of primary amides is 1. The molecule has 2 amide bonds. The number of para-hydroxylation sites is 1. The normalized spacial score (nSPS) is 11.0. The summed E-state index contributed by atoms with van der Waals surface area (Å²) >= 11 is 0. The SMILES string of the molecule is Cc1ccccc1N(CC(=O)Nc1cccc(C(N)=O)c1)S(C)(=O)=O. The zero-order valence-electron chi connectivity index (χ0n) is 13.9. The Hall–Kier alpha value is -2.87. The number of hydrogen-bond donors (Lipinski definition) is 2. The van der Waals surface area contributed by atoms with Crippen LogP contribution in [0.4, 0.5) is 11.4 Å². The van der Waals surface area contributed by atoms with Crippen LogP contribution in [0.2, 0.25) is 0 Å². The fourth-order valence-corrected chi connectivity index (χ4v) is 3.22. The van der Waals surface area contributed by atoms with Gasteiger partial charge in [0, 0.05) is 11.3 Å². The minimum atomic E-state index is -3.65. The number of carbonyl (C=O) groups excluding carboxylic acids is 2. The van der Waals surface area contributed by atoms with Gasteiger partial charge in [0.05, 0.1) is 11.9 Å². The lowest BCUT2D eigenvalue weighted by atomic mass is 10.2. The number of hydrogen-bond acceptors (Lipinski definition) is 4. The third-order valence-electron chi connectivity index (χ3n) is 3.50. The Kier molecular flexibility index (Phi) is 5.43. The Morgan fingerprint density at radius 1 is 1.12 bits per heavy atom. The molecule has 132 valence electrons. The van der Waals surface area contributed by atoms with Crippen molar-refractivity contribution >= 4 is 33.2 Å². The van der Waals surface area contributed by atoms with Crippen molar-refractivity contribution in [2.75, 3.05) is 22.4 Å². The monoisotopic (exact) mass is 361 g/mol. The van der Waals surface area contributed by atoms with Crippen molar-refractivity contribution < 1.29 is 18.0 Å². The first-order valence-corrected chi connectivity index (χ1v) is 9.26. The van der Waals surface area contributed by atoms with Crippen LogP contribution >= 0.6 is 0 Å². The molecule has 0 saturated heterocycles. The van der Waals surface area contributed by atoms with Crippen molar-refractivity contribution in [1.29, 1.82) is 0 Å². The van der Waals surface area contributed by atoms with Crippen LogP contribution in [0.5, 0.6) is 0 Å². The van der Waals surface area contributed by atoms with Crippen molar-refractivity contribution in [1.82, 2.24) is 0 Å². The van der Waals surface area contributed by atoms with Crippen LogP contribution in [0.15, 0.2) is 48.5 Å². The van der Waals surface area contributed by atoms with E-state index < -0.39 is 21.8 Å². The molecule has 25 heavy (non-hydrogen) atoms. The molecule has 0 bridgehead atoms. The first kappa shape index (κ1) is 18.5. The maximum Gasteiger partial charge on any atom is 0.248 e. The Labute approximate surface area is 146 Å². The molecular weight excluding hydrogens is 342 g/mol. The lowest BCUT2D eigenvalue weighted by Crippen LogP contribution is -2.37. The highest BCUT2D eigenvalue weighted by Gasteiger charge is 2.22. The van der Waals surface area contributed by atoms with E-state index in [1.165, 1.54) is 12.1 Å². The summed E-state index contributed by atoms with van der Waals surface area (Å²) in [7, 11) is -3.65. The Morgan fingerprint density at radius 2 is 1.80 bits per heavy atom. The summed E-state index contributed by atoms with van der Waals surface area (Å²) in [6.07, 6.45) is 1.04. The Morgan fingerprint density at radius 3 is 2.40 bits per heavy atom. The molecule has 0 spiro atoms. The predicted molar refractivity (Wildman–Crippen MR) is 97.0 cm³/mol. The summed E-state index contributed by atoms with van der Waals surface area (Å²) in [6.45, 7) is 1.38. The molecule has 8 heteroatoms. The molecule has 2 aromatic carbocycles. The van der Waals surface area contributed by atoms with Gasteiger partial charge < -0.3 is 11.1 Å². The molecule has 2 aromatic rings. The summed E-state index contributed by atoms with van der Waals surface area (Å²) < 4.78 is 25.2. The van der Waals surface area contributed by atoms with Gasteiger partial charge >= 0.3 is 0 Å². The molecule has 0 atom stereocenters. The molecule has 0 saturated carbocycles. The molecule has 7 nitrogen and oxygen atoms in total. The number of sulfonamides is 1. The lowest BCUT2D eigenvalue weighted by Gasteiger charge is -2.23. The molecule has 0 aliphatic carbocycles. The number of carbonyl (C=O) groups is 2. The quantitative estimate of drug-likeness (QED) is 0.812. The van der Waals surface area contributed by atoms with Gasteiger partial charge in [-0.25, -0.2) is 8.42 Å². The third kappa shape index (κ3) is 4.80. The minimum Gasteiger partial charge on any atom is -0.366 e. The van der Waals surface area contributed by atoms with Crippen LogP contribution < -0.4 is 15.4 Å². The molecule has 0 aliphatic rings. The van der Waals surface area contributed by atoms with Gasteiger partial charge in [-0.3, -0.25) is 13.9 Å². The zero-order chi connectivity index (χ0) is 18.6. The molecular formula is C17H19N3O4S. The van der Waals surface area contributed by atoms with Crippen molar-refractivity contribution in [3.05, 3.63) is 59.7 Å². The largest absolute Gasteiger partial charge is 0.366 e. The standard InChI is InChI=1S/C17H19N3O4S/c1-12-6-3-4-9-15(12)20(25(2,23)24)11-16(21)19-14-8-5-7-13(10-14)17(18)22/h3-10H,11H2,1-2H3,(H2,18,22)(H,19,21). The van der Waals surface area contributed by atoms with Crippen LogP contribution in [0, 0.1) is 6.92 Å². The van der Waals surface area contributed by atoms with Crippen molar-refractivity contribution in [3.63, 3.8) is 0 Å². The fourth-order valence-electron chi connectivity index (χ4n) is 2.31. The van der Waals surface area contributed by atoms with Gasteiger partial charge in [-0.2, -0.15) is 0 Å². The van der Waals surface area contributed by atoms with Gasteiger partial charge in [0.2, 0.25) is 21.8 Å². The summed E-state index contributed by atoms with van der Waals surface area (Å²) in [5.41, 5.74) is 6.98. The number of amides is 2. The van der Waals surface area contributed by atoms with Crippen LogP contribution in [0.25, 0.3) is 0 Å². The molecule has 3 N–H and O–H groups in total. The van der Waals surface area contributed by atoms with E-state index in [9.17, 15) is 18.0 Å². The van der Waals surface area contributed by atoms with Crippen molar-refractivity contribution in [3.8, 4) is 0 Å². The zero-order valence-corrected chi connectivity index (χ0v) is 14.7. The number of nitrogens with two attached hydrogens (primary N) is 1. The molecule has 0 radical (unpaired) electrons. The maximum absolute atomic E-state index is 12.3. The topological polar surface area (TPSA) is 110 Å². The van der Waals surface area contributed by atoms with E-state index in [4.69, 9.17) is 5.73 Å². The van der Waals surface area contributed by atoms with Crippen LogP contribution in [-0.2, 0) is 14.8 Å². The van der Waals surface area contributed by atoms with Gasteiger partial charge in [-0.1, -0.05) is 24.3 Å². The van der Waals surface area contributed by atoms with E-state index in [1.54, 1.807) is 43.3 Å². The van der Waals surface area contributed by atoms with Crippen molar-refractivity contribution in [2.24, 2.45) is 5.73 Å². The van der Waals surface area contributed by atoms with Gasteiger partial charge in [0.1, 0.15) is 6.54 Å². The second kappa shape index (κ2) is 7.35. The molecule has 0 aliphatic heterocycles. The fraction of sp³-hybridized carbons (Fsp3) is 0.176. The average molecular weight is 361 g/mol. The second-order valence-electron chi connectivity index (χ2n) is 5.55. The first-order chi connectivity index (χ1) is 11.7. The number of benzene rings is 2. The minimum absolute atomic E-state index is 0.247. The van der Waals surface area contributed by atoms with Gasteiger partial charge in [-0.15, -0.1) is 0 Å². The van der Waals surface area contributed by atoms with E-state index in [-0.39, 0.29) is 12.1 Å². The van der Waals surface area contributed by atoms with Gasteiger partial charge in [-0.05, 0) is 36.8 Å². The van der Waals surface area contributed by atoms with Crippen LogP contribution in [-0.4, -0.2) is 33.0 Å². The number of rotatable bonds is 6. The predicted octanol–water partition coefficient (Wildman–Crippen LogP) is 1.50. The molecule has 2 rings (SSSR count). The highest BCUT2D eigenvalue weighted by atomic mass is 32.2. The van der Waals surface area contributed by atoms with Gasteiger partial charge in [0.25, 0.3) is 0 Å². The van der Waals surface area contributed by atoms with Crippen LogP contribution in [0.1, 0.15) is 15.9 Å². The van der Waals surface area contributed by atoms with E-state index in [2.05, 4.69) is 5.32 Å². The van der Waals surface area contributed by atoms with E-state index >= 15 is 0 Å². The van der Waals surface area contributed by atoms with E-state index in [0.717, 1.165) is 16.1 Å². The number of nitrogens with zero attached hydrogens (tertiary/aromatic N) is 1. The Bertz CT molecular complexity index is 910. The smallest absolute Gasteiger partial charge is 0.248 e. The first-order valence-electron chi connectivity index (χ1n) is 7.41. The molecule has 0 fully saturated rings. The lowest BCUT2D eigenvalue weighted by molar-refractivity contribution is -0.114. The summed E-state index contributed by atoms with van der Waals surface area (Å²) in [4.78, 5) is 23.5. The van der Waals surface area contributed by atoms with Crippen molar-refractivity contribution in [2.45, 2.75) is 6.92 Å². The molecule has 0 aromatic heterocycles. The third-order valence-corrected chi connectivity index (χ3v) is 4.63. The summed E-state index contributed by atoms with van der Waals surface area (Å²) in [6, 6.07) is 13.0.